The number of nitrogens with one attached hydrogen (secondary N) is 1. The van der Waals surface area contributed by atoms with Crippen molar-refractivity contribution in [2.75, 3.05) is 33.7 Å². The normalized spacial score (nSPS) is 11.2. The summed E-state index contributed by atoms with van der Waals surface area (Å²) < 4.78 is 0. The van der Waals surface area contributed by atoms with Crippen molar-refractivity contribution in [3.8, 4) is 0 Å². The summed E-state index contributed by atoms with van der Waals surface area (Å²) in [5.74, 6) is 0.472. The van der Waals surface area contributed by atoms with E-state index in [1.165, 1.54) is 11.1 Å². The molecule has 0 fully saturated rings. The van der Waals surface area contributed by atoms with Gasteiger partial charge in [0.25, 0.3) is 0 Å². The van der Waals surface area contributed by atoms with E-state index in [1.807, 2.05) is 0 Å². The molecule has 0 aliphatic rings. The van der Waals surface area contributed by atoms with E-state index < -0.39 is 0 Å². The maximum atomic E-state index is 3.55. The lowest BCUT2D eigenvalue weighted by Gasteiger charge is -2.19. The zero-order valence-electron chi connectivity index (χ0n) is 13.1. The summed E-state index contributed by atoms with van der Waals surface area (Å²) in [5, 5.41) is 3.55. The average Bonchev–Trinajstić information content (AvgIpc) is 2.52. The van der Waals surface area contributed by atoms with E-state index in [4.69, 9.17) is 0 Å². The minimum atomic E-state index is 0.472. The molecule has 0 amide bonds. The van der Waals surface area contributed by atoms with Gasteiger partial charge in [0.1, 0.15) is 0 Å². The molecular weight excluding hydrogens is 256 g/mol. The van der Waals surface area contributed by atoms with E-state index >= 15 is 0 Å². The number of hydrogen-bond acceptors (Lipinski definition) is 2. The molecule has 2 heteroatoms. The Balaban J connectivity index is 1.97. The fourth-order valence-corrected chi connectivity index (χ4v) is 2.57. The molecule has 0 bridgehead atoms. The molecule has 0 radical (unpaired) electrons. The summed E-state index contributed by atoms with van der Waals surface area (Å²) in [4.78, 5) is 2.21. The van der Waals surface area contributed by atoms with Crippen molar-refractivity contribution in [2.24, 2.45) is 0 Å². The largest absolute Gasteiger partial charge is 0.315 e. The van der Waals surface area contributed by atoms with Crippen molar-refractivity contribution < 1.29 is 0 Å². The second-order valence-electron chi connectivity index (χ2n) is 5.72. The van der Waals surface area contributed by atoms with E-state index in [-0.39, 0.29) is 0 Å². The third kappa shape index (κ3) is 5.33. The van der Waals surface area contributed by atoms with Crippen LogP contribution in [0.2, 0.25) is 0 Å². The molecule has 0 aliphatic carbocycles. The molecule has 2 aromatic rings. The van der Waals surface area contributed by atoms with Gasteiger partial charge in [0.15, 0.2) is 0 Å². The number of nitrogens with zero attached hydrogens (tertiary/aromatic N) is 1. The Morgan fingerprint density at radius 3 is 1.81 bits per heavy atom. The summed E-state index contributed by atoms with van der Waals surface area (Å²) >= 11 is 0. The number of benzene rings is 2. The first-order chi connectivity index (χ1) is 10.3. The highest BCUT2D eigenvalue weighted by molar-refractivity contribution is 5.32. The highest BCUT2D eigenvalue weighted by Crippen LogP contribution is 2.27. The minimum Gasteiger partial charge on any atom is -0.315 e. The fourth-order valence-electron chi connectivity index (χ4n) is 2.57. The van der Waals surface area contributed by atoms with Crippen LogP contribution in [-0.2, 0) is 0 Å². The van der Waals surface area contributed by atoms with E-state index in [0.717, 1.165) is 26.1 Å². The molecule has 21 heavy (non-hydrogen) atoms. The monoisotopic (exact) mass is 282 g/mol. The van der Waals surface area contributed by atoms with Gasteiger partial charge < -0.3 is 10.2 Å². The Bertz CT molecular complexity index is 454. The molecule has 2 rings (SSSR count). The van der Waals surface area contributed by atoms with E-state index in [1.54, 1.807) is 0 Å². The molecule has 1 N–H and O–H groups in total. The SMILES string of the molecule is CN(C)CCNCCC(c1ccccc1)c1ccccc1. The van der Waals surface area contributed by atoms with Gasteiger partial charge in [0.2, 0.25) is 0 Å². The lowest BCUT2D eigenvalue weighted by Crippen LogP contribution is -2.28. The number of rotatable bonds is 8. The summed E-state index contributed by atoms with van der Waals surface area (Å²) in [5.41, 5.74) is 2.80. The molecule has 0 unspecified atom stereocenters. The fraction of sp³-hybridized carbons (Fsp3) is 0.368. The van der Waals surface area contributed by atoms with Crippen LogP contribution in [0.4, 0.5) is 0 Å². The average molecular weight is 282 g/mol. The smallest absolute Gasteiger partial charge is 0.0101 e. The summed E-state index contributed by atoms with van der Waals surface area (Å²) in [6.07, 6.45) is 1.13. The Kier molecular flexibility index (Phi) is 6.45. The van der Waals surface area contributed by atoms with Crippen molar-refractivity contribution in [2.45, 2.75) is 12.3 Å². The molecular formula is C19H26N2. The molecule has 0 heterocycles. The zero-order valence-corrected chi connectivity index (χ0v) is 13.1. The minimum absolute atomic E-state index is 0.472. The second-order valence-corrected chi connectivity index (χ2v) is 5.72. The van der Waals surface area contributed by atoms with Gasteiger partial charge in [-0.3, -0.25) is 0 Å². The first-order valence-corrected chi connectivity index (χ1v) is 7.72. The summed E-state index contributed by atoms with van der Waals surface area (Å²) in [7, 11) is 4.22. The third-order valence-corrected chi connectivity index (χ3v) is 3.75. The Labute approximate surface area is 128 Å². The van der Waals surface area contributed by atoms with Crippen LogP contribution < -0.4 is 5.32 Å². The van der Waals surface area contributed by atoms with Gasteiger partial charge in [-0.25, -0.2) is 0 Å². The van der Waals surface area contributed by atoms with Crippen LogP contribution in [0.3, 0.4) is 0 Å². The third-order valence-electron chi connectivity index (χ3n) is 3.75. The topological polar surface area (TPSA) is 15.3 Å². The maximum absolute atomic E-state index is 3.55. The van der Waals surface area contributed by atoms with Crippen molar-refractivity contribution in [3.63, 3.8) is 0 Å². The van der Waals surface area contributed by atoms with Gasteiger partial charge >= 0.3 is 0 Å². The molecule has 0 aliphatic heterocycles. The standard InChI is InChI=1S/C19H26N2/c1-21(2)16-15-20-14-13-19(17-9-5-3-6-10-17)18-11-7-4-8-12-18/h3-12,19-20H,13-16H2,1-2H3. The molecule has 0 spiro atoms. The Hall–Kier alpha value is -1.64. The van der Waals surface area contributed by atoms with Gasteiger partial charge in [0.05, 0.1) is 0 Å². The van der Waals surface area contributed by atoms with Crippen molar-refractivity contribution in [1.29, 1.82) is 0 Å². The molecule has 2 aromatic carbocycles. The van der Waals surface area contributed by atoms with Crippen LogP contribution in [0, 0.1) is 0 Å². The molecule has 2 nitrogen and oxygen atoms in total. The van der Waals surface area contributed by atoms with Gasteiger partial charge in [-0.05, 0) is 38.2 Å². The molecule has 112 valence electrons. The Morgan fingerprint density at radius 2 is 1.33 bits per heavy atom. The van der Waals surface area contributed by atoms with Crippen LogP contribution in [0.5, 0.6) is 0 Å². The summed E-state index contributed by atoms with van der Waals surface area (Å²) in [6, 6.07) is 21.6. The summed E-state index contributed by atoms with van der Waals surface area (Å²) in [6.45, 7) is 3.17. The van der Waals surface area contributed by atoms with Crippen LogP contribution in [0.15, 0.2) is 60.7 Å². The van der Waals surface area contributed by atoms with E-state index in [2.05, 4.69) is 85.0 Å². The molecule has 0 saturated heterocycles. The van der Waals surface area contributed by atoms with Crippen molar-refractivity contribution >= 4 is 0 Å². The second kappa shape index (κ2) is 8.60. The molecule has 0 saturated carbocycles. The Morgan fingerprint density at radius 1 is 0.810 bits per heavy atom. The van der Waals surface area contributed by atoms with Crippen molar-refractivity contribution in [3.05, 3.63) is 71.8 Å². The maximum Gasteiger partial charge on any atom is 0.0101 e. The van der Waals surface area contributed by atoms with Crippen LogP contribution in [-0.4, -0.2) is 38.6 Å². The number of hydrogen-bond donors (Lipinski definition) is 1. The van der Waals surface area contributed by atoms with Crippen molar-refractivity contribution in [1.82, 2.24) is 10.2 Å². The molecule has 0 aromatic heterocycles. The van der Waals surface area contributed by atoms with Gasteiger partial charge in [-0.1, -0.05) is 60.7 Å². The van der Waals surface area contributed by atoms with E-state index in [0.29, 0.717) is 5.92 Å². The highest BCUT2D eigenvalue weighted by Gasteiger charge is 2.12. The first kappa shape index (κ1) is 15.7. The van der Waals surface area contributed by atoms with E-state index in [9.17, 15) is 0 Å². The lowest BCUT2D eigenvalue weighted by atomic mass is 9.88. The predicted octanol–water partition coefficient (Wildman–Crippen LogP) is 3.36. The van der Waals surface area contributed by atoms with Crippen LogP contribution >= 0.6 is 0 Å². The first-order valence-electron chi connectivity index (χ1n) is 7.72. The number of likely N-dealkylation sites (N-methyl/N-ethyl adjacent to an activating group) is 1. The molecule has 0 atom stereocenters. The lowest BCUT2D eigenvalue weighted by molar-refractivity contribution is 0.398. The van der Waals surface area contributed by atoms with Gasteiger partial charge in [-0.15, -0.1) is 0 Å². The predicted molar refractivity (Wildman–Crippen MR) is 90.8 cm³/mol. The van der Waals surface area contributed by atoms with Crippen LogP contribution in [0.1, 0.15) is 23.5 Å². The van der Waals surface area contributed by atoms with Crippen LogP contribution in [0.25, 0.3) is 0 Å². The highest BCUT2D eigenvalue weighted by atomic mass is 15.1. The van der Waals surface area contributed by atoms with Gasteiger partial charge in [-0.2, -0.15) is 0 Å². The zero-order chi connectivity index (χ0) is 14.9. The van der Waals surface area contributed by atoms with Gasteiger partial charge in [0, 0.05) is 19.0 Å². The quantitative estimate of drug-likeness (QED) is 0.747.